The normalized spacial score (nSPS) is 19.1. The van der Waals surface area contributed by atoms with Gasteiger partial charge in [0.1, 0.15) is 6.04 Å². The summed E-state index contributed by atoms with van der Waals surface area (Å²) in [5, 5.41) is 0. The number of alkyl halides is 2. The quantitative estimate of drug-likeness (QED) is 0.386. The molecule has 0 saturated carbocycles. The highest BCUT2D eigenvalue weighted by molar-refractivity contribution is 7.89. The maximum Gasteiger partial charge on any atom is 0.399 e. The van der Waals surface area contributed by atoms with E-state index < -0.39 is 40.8 Å². The number of benzene rings is 2. The maximum absolute atomic E-state index is 14.1. The Morgan fingerprint density at radius 1 is 0.974 bits per heavy atom. The van der Waals surface area contributed by atoms with Gasteiger partial charge in [-0.05, 0) is 62.9 Å². The lowest BCUT2D eigenvalue weighted by Crippen LogP contribution is -2.54. The van der Waals surface area contributed by atoms with Crippen molar-refractivity contribution in [2.45, 2.75) is 61.2 Å². The van der Waals surface area contributed by atoms with Gasteiger partial charge in [-0.15, -0.1) is 0 Å². The van der Waals surface area contributed by atoms with Crippen LogP contribution in [0.25, 0.3) is 0 Å². The fraction of sp³-hybridized carbons (Fsp3) is 0.500. The van der Waals surface area contributed by atoms with Gasteiger partial charge in [0.15, 0.2) is 0 Å². The minimum Gasteiger partial charge on any atom is -0.341 e. The third kappa shape index (κ3) is 7.11. The number of nitrogens with one attached hydrogen (secondary N) is 1. The van der Waals surface area contributed by atoms with Crippen molar-refractivity contribution in [1.29, 1.82) is 0 Å². The molecule has 3 N–H and O–H groups in total. The van der Waals surface area contributed by atoms with Crippen LogP contribution in [0.4, 0.5) is 8.78 Å². The highest BCUT2D eigenvalue weighted by Crippen LogP contribution is 2.59. The highest BCUT2D eigenvalue weighted by Gasteiger charge is 2.50. The Morgan fingerprint density at radius 3 is 2.13 bits per heavy atom. The van der Waals surface area contributed by atoms with Gasteiger partial charge in [-0.3, -0.25) is 9.36 Å². The molecule has 0 radical (unpaired) electrons. The Bertz CT molecular complexity index is 1280. The Morgan fingerprint density at radius 2 is 1.56 bits per heavy atom. The Kier molecular flexibility index (Phi) is 9.25. The molecule has 2 aromatic carbocycles. The predicted molar refractivity (Wildman–Crippen MR) is 142 cm³/mol. The molecule has 0 aliphatic carbocycles. The third-order valence-electron chi connectivity index (χ3n) is 7.44. The molecular weight excluding hydrogens is 551 g/mol. The van der Waals surface area contributed by atoms with E-state index in [4.69, 9.17) is 9.79 Å². The fourth-order valence-corrected chi connectivity index (χ4v) is 6.93. The van der Waals surface area contributed by atoms with Crippen molar-refractivity contribution in [2.24, 2.45) is 0 Å². The molecule has 1 amide bonds. The lowest BCUT2D eigenvalue weighted by Gasteiger charge is -2.41. The zero-order chi connectivity index (χ0) is 28.3. The smallest absolute Gasteiger partial charge is 0.341 e. The van der Waals surface area contributed by atoms with Gasteiger partial charge in [-0.2, -0.15) is 13.5 Å². The topological polar surface area (TPSA) is 127 Å². The summed E-state index contributed by atoms with van der Waals surface area (Å²) >= 11 is 0. The highest BCUT2D eigenvalue weighted by atomic mass is 32.2. The van der Waals surface area contributed by atoms with Crippen LogP contribution in [-0.2, 0) is 31.5 Å². The molecule has 2 aliphatic rings. The van der Waals surface area contributed by atoms with E-state index in [1.807, 2.05) is 0 Å². The molecule has 2 aliphatic heterocycles. The number of piperidine rings is 2. The first kappa shape index (κ1) is 29.8. The van der Waals surface area contributed by atoms with Crippen LogP contribution in [0.3, 0.4) is 0 Å². The third-order valence-corrected chi connectivity index (χ3v) is 9.92. The van der Waals surface area contributed by atoms with Crippen molar-refractivity contribution < 1.29 is 36.3 Å². The van der Waals surface area contributed by atoms with E-state index >= 15 is 0 Å². The predicted octanol–water partition coefficient (Wildman–Crippen LogP) is 3.28. The standard InChI is InChI=1S/C26H34F2N3O6PS/c27-26(28,38(33,34)35)21-11-9-20(10-12-21)19-24(29-39(36,37)23-7-3-1-4-8-23)25(32)31-17-13-22(14-18-31)30-15-5-2-6-16-30/h1,3-4,7-12,22,24,29H,2,5-6,13-19H2,(H2,33,34,35)/t24-/m0/s1. The summed E-state index contributed by atoms with van der Waals surface area (Å²) in [4.78, 5) is 35.7. The Balaban J connectivity index is 1.52. The summed E-state index contributed by atoms with van der Waals surface area (Å²) in [6.07, 6.45) is 5.02. The van der Waals surface area contributed by atoms with E-state index in [9.17, 15) is 26.6 Å². The van der Waals surface area contributed by atoms with Gasteiger partial charge in [0.05, 0.1) is 4.90 Å². The molecule has 2 saturated heterocycles. The first-order valence-corrected chi connectivity index (χ1v) is 16.1. The van der Waals surface area contributed by atoms with E-state index in [0.717, 1.165) is 38.1 Å². The van der Waals surface area contributed by atoms with Gasteiger partial charge < -0.3 is 19.6 Å². The van der Waals surface area contributed by atoms with Crippen LogP contribution >= 0.6 is 7.60 Å². The number of carbonyl (C=O) groups excluding carboxylic acids is 1. The maximum atomic E-state index is 14.1. The molecule has 214 valence electrons. The lowest BCUT2D eigenvalue weighted by atomic mass is 9.98. The molecule has 2 heterocycles. The van der Waals surface area contributed by atoms with Gasteiger partial charge in [-0.25, -0.2) is 8.42 Å². The molecule has 39 heavy (non-hydrogen) atoms. The van der Waals surface area contributed by atoms with Crippen molar-refractivity contribution in [3.05, 3.63) is 65.7 Å². The molecule has 4 rings (SSSR count). The number of carbonyl (C=O) groups is 1. The average molecular weight is 586 g/mol. The van der Waals surface area contributed by atoms with E-state index in [1.165, 1.54) is 43.5 Å². The van der Waals surface area contributed by atoms with Crippen LogP contribution in [0.5, 0.6) is 0 Å². The van der Waals surface area contributed by atoms with Gasteiger partial charge in [0, 0.05) is 24.7 Å². The van der Waals surface area contributed by atoms with E-state index in [1.54, 1.807) is 23.1 Å². The summed E-state index contributed by atoms with van der Waals surface area (Å²) in [5.74, 6) is -0.406. The molecule has 13 heteroatoms. The van der Waals surface area contributed by atoms with Crippen molar-refractivity contribution in [1.82, 2.24) is 14.5 Å². The monoisotopic (exact) mass is 585 g/mol. The van der Waals surface area contributed by atoms with Crippen molar-refractivity contribution in [2.75, 3.05) is 26.2 Å². The van der Waals surface area contributed by atoms with E-state index in [-0.39, 0.29) is 11.3 Å². The van der Waals surface area contributed by atoms with E-state index in [2.05, 4.69) is 9.62 Å². The number of nitrogens with zero attached hydrogens (tertiary/aromatic N) is 2. The molecule has 0 unspecified atom stereocenters. The second-order valence-electron chi connectivity index (χ2n) is 10.1. The van der Waals surface area contributed by atoms with Gasteiger partial charge >= 0.3 is 13.3 Å². The zero-order valence-corrected chi connectivity index (χ0v) is 23.2. The number of halogens is 2. The summed E-state index contributed by atoms with van der Waals surface area (Å²) in [6.45, 7) is 3.07. The molecule has 0 bridgehead atoms. The van der Waals surface area contributed by atoms with Crippen LogP contribution in [0.2, 0.25) is 0 Å². The number of amides is 1. The summed E-state index contributed by atoms with van der Waals surface area (Å²) in [5.41, 5.74) is -4.88. The van der Waals surface area contributed by atoms with Gasteiger partial charge in [0.2, 0.25) is 15.9 Å². The number of hydrogen-bond acceptors (Lipinski definition) is 5. The first-order valence-electron chi connectivity index (χ1n) is 13.0. The number of sulfonamides is 1. The van der Waals surface area contributed by atoms with Crippen LogP contribution in [-0.4, -0.2) is 72.2 Å². The average Bonchev–Trinajstić information content (AvgIpc) is 2.93. The van der Waals surface area contributed by atoms with Crippen molar-refractivity contribution in [3.63, 3.8) is 0 Å². The number of likely N-dealkylation sites (tertiary alicyclic amines) is 2. The molecule has 1 atom stereocenters. The van der Waals surface area contributed by atoms with Crippen LogP contribution in [0, 0.1) is 0 Å². The van der Waals surface area contributed by atoms with Crippen molar-refractivity contribution >= 4 is 23.5 Å². The SMILES string of the molecule is O=C([C@H](Cc1ccc(C(F)(F)P(=O)(O)O)cc1)NS(=O)(=O)c1ccccc1)N1CCC(N2CCCCC2)CC1. The van der Waals surface area contributed by atoms with Crippen LogP contribution < -0.4 is 4.72 Å². The minimum absolute atomic E-state index is 0.0109. The van der Waals surface area contributed by atoms with Crippen LogP contribution in [0.1, 0.15) is 43.2 Å². The molecule has 0 aromatic heterocycles. The Labute approximate surface area is 227 Å². The number of rotatable bonds is 9. The molecule has 0 spiro atoms. The zero-order valence-electron chi connectivity index (χ0n) is 21.5. The van der Waals surface area contributed by atoms with Gasteiger partial charge in [0.25, 0.3) is 0 Å². The second kappa shape index (κ2) is 12.1. The minimum atomic E-state index is -5.73. The molecule has 9 nitrogen and oxygen atoms in total. The number of hydrogen-bond donors (Lipinski definition) is 3. The molecule has 2 fully saturated rings. The Hall–Kier alpha value is -2.21. The lowest BCUT2D eigenvalue weighted by molar-refractivity contribution is -0.134. The first-order chi connectivity index (χ1) is 18.4. The summed E-state index contributed by atoms with van der Waals surface area (Å²) in [7, 11) is -9.80. The fourth-order valence-electron chi connectivity index (χ4n) is 5.23. The summed E-state index contributed by atoms with van der Waals surface area (Å²) in [6, 6.07) is 11.0. The van der Waals surface area contributed by atoms with Gasteiger partial charge in [-0.1, -0.05) is 48.9 Å². The van der Waals surface area contributed by atoms with Crippen LogP contribution in [0.15, 0.2) is 59.5 Å². The summed E-state index contributed by atoms with van der Waals surface area (Å²) < 4.78 is 68.1. The second-order valence-corrected chi connectivity index (χ2v) is 13.5. The largest absolute Gasteiger partial charge is 0.399 e. The van der Waals surface area contributed by atoms with Crippen molar-refractivity contribution in [3.8, 4) is 0 Å². The molecule has 2 aromatic rings. The van der Waals surface area contributed by atoms with E-state index in [0.29, 0.717) is 24.7 Å². The molecular formula is C26H34F2N3O6PS.